The highest BCUT2D eigenvalue weighted by molar-refractivity contribution is 5.81. The van der Waals surface area contributed by atoms with Gasteiger partial charge >= 0.3 is 0 Å². The molecule has 114 valence electrons. The number of carbonyl (C=O) groups is 1. The zero-order valence-electron chi connectivity index (χ0n) is 12.8. The van der Waals surface area contributed by atoms with Gasteiger partial charge in [-0.15, -0.1) is 0 Å². The fraction of sp³-hybridized carbons (Fsp3) is 0.588. The lowest BCUT2D eigenvalue weighted by Gasteiger charge is -2.22. The molecule has 0 unspecified atom stereocenters. The summed E-state index contributed by atoms with van der Waals surface area (Å²) in [5.41, 5.74) is 1.30. The highest BCUT2D eigenvalue weighted by Crippen LogP contribution is 2.31. The molecule has 2 fully saturated rings. The standard InChI is InChI=1S/C17H24N2O2/c1-21-16-7-3-14(4-8-16)13-18-9-2-10-19(12-11-18)17(20)15-5-6-15/h3-4,7-8,15H,2,5-6,9-13H2,1H3. The van der Waals surface area contributed by atoms with Gasteiger partial charge in [0, 0.05) is 38.6 Å². The zero-order chi connectivity index (χ0) is 14.7. The van der Waals surface area contributed by atoms with E-state index in [2.05, 4.69) is 21.9 Å². The second-order valence-corrected chi connectivity index (χ2v) is 6.08. The summed E-state index contributed by atoms with van der Waals surface area (Å²) in [4.78, 5) is 16.7. The number of hydrogen-bond acceptors (Lipinski definition) is 3. The molecule has 0 spiro atoms. The molecule has 1 heterocycles. The van der Waals surface area contributed by atoms with Crippen LogP contribution in [0.2, 0.25) is 0 Å². The predicted molar refractivity (Wildman–Crippen MR) is 82.2 cm³/mol. The fourth-order valence-electron chi connectivity index (χ4n) is 2.93. The van der Waals surface area contributed by atoms with Crippen LogP contribution in [0, 0.1) is 5.92 Å². The highest BCUT2D eigenvalue weighted by atomic mass is 16.5. The number of hydrogen-bond donors (Lipinski definition) is 0. The summed E-state index contributed by atoms with van der Waals surface area (Å²) in [6.07, 6.45) is 3.28. The van der Waals surface area contributed by atoms with Crippen LogP contribution in [0.15, 0.2) is 24.3 Å². The molecule has 0 bridgehead atoms. The molecule has 4 heteroatoms. The smallest absolute Gasteiger partial charge is 0.225 e. The van der Waals surface area contributed by atoms with Crippen LogP contribution in [0.3, 0.4) is 0 Å². The first-order chi connectivity index (χ1) is 10.3. The molecular weight excluding hydrogens is 264 g/mol. The Labute approximate surface area is 126 Å². The Balaban J connectivity index is 1.53. The van der Waals surface area contributed by atoms with Crippen LogP contribution in [-0.4, -0.2) is 49.0 Å². The van der Waals surface area contributed by atoms with Crippen molar-refractivity contribution in [3.63, 3.8) is 0 Å². The predicted octanol–water partition coefficient (Wildman–Crippen LogP) is 2.14. The van der Waals surface area contributed by atoms with Gasteiger partial charge in [-0.25, -0.2) is 0 Å². The maximum Gasteiger partial charge on any atom is 0.225 e. The molecule has 3 rings (SSSR count). The summed E-state index contributed by atoms with van der Waals surface area (Å²) >= 11 is 0. The lowest BCUT2D eigenvalue weighted by Crippen LogP contribution is -2.35. The van der Waals surface area contributed by atoms with E-state index in [0.29, 0.717) is 11.8 Å². The minimum Gasteiger partial charge on any atom is -0.497 e. The van der Waals surface area contributed by atoms with Crippen LogP contribution in [0.25, 0.3) is 0 Å². The molecule has 1 aromatic rings. The maximum atomic E-state index is 12.1. The quantitative estimate of drug-likeness (QED) is 0.851. The van der Waals surface area contributed by atoms with Gasteiger partial charge in [0.05, 0.1) is 7.11 Å². The lowest BCUT2D eigenvalue weighted by molar-refractivity contribution is -0.132. The van der Waals surface area contributed by atoms with Gasteiger partial charge in [0.25, 0.3) is 0 Å². The molecule has 0 radical (unpaired) electrons. The van der Waals surface area contributed by atoms with Gasteiger partial charge in [-0.1, -0.05) is 12.1 Å². The number of carbonyl (C=O) groups excluding carboxylic acids is 1. The van der Waals surface area contributed by atoms with Gasteiger partial charge < -0.3 is 9.64 Å². The third-order valence-electron chi connectivity index (χ3n) is 4.39. The number of methoxy groups -OCH3 is 1. The average Bonchev–Trinajstić information content (AvgIpc) is 3.35. The number of benzene rings is 1. The van der Waals surface area contributed by atoms with Crippen LogP contribution >= 0.6 is 0 Å². The Morgan fingerprint density at radius 3 is 2.57 bits per heavy atom. The summed E-state index contributed by atoms with van der Waals surface area (Å²) in [6.45, 7) is 4.81. The lowest BCUT2D eigenvalue weighted by atomic mass is 10.2. The van der Waals surface area contributed by atoms with Gasteiger partial charge in [-0.2, -0.15) is 0 Å². The number of amides is 1. The second-order valence-electron chi connectivity index (χ2n) is 6.08. The van der Waals surface area contributed by atoms with Gasteiger partial charge in [0.2, 0.25) is 5.91 Å². The number of ether oxygens (including phenoxy) is 1. The van der Waals surface area contributed by atoms with E-state index in [9.17, 15) is 4.79 Å². The Morgan fingerprint density at radius 1 is 1.14 bits per heavy atom. The first-order valence-corrected chi connectivity index (χ1v) is 7.90. The minimum atomic E-state index is 0.345. The molecule has 21 heavy (non-hydrogen) atoms. The van der Waals surface area contributed by atoms with Crippen molar-refractivity contribution < 1.29 is 9.53 Å². The maximum absolute atomic E-state index is 12.1. The van der Waals surface area contributed by atoms with Gasteiger partial charge in [-0.05, 0) is 37.0 Å². The van der Waals surface area contributed by atoms with E-state index in [1.807, 2.05) is 12.1 Å². The average molecular weight is 288 g/mol. The van der Waals surface area contributed by atoms with E-state index in [0.717, 1.165) is 57.7 Å². The van der Waals surface area contributed by atoms with Crippen LogP contribution < -0.4 is 4.74 Å². The second kappa shape index (κ2) is 6.48. The van der Waals surface area contributed by atoms with Crippen LogP contribution in [0.1, 0.15) is 24.8 Å². The third-order valence-corrected chi connectivity index (χ3v) is 4.39. The van der Waals surface area contributed by atoms with Crippen molar-refractivity contribution in [2.75, 3.05) is 33.3 Å². The molecule has 1 saturated heterocycles. The normalized spacial score (nSPS) is 20.1. The van der Waals surface area contributed by atoms with Crippen molar-refractivity contribution in [2.24, 2.45) is 5.92 Å². The van der Waals surface area contributed by atoms with Crippen molar-refractivity contribution in [3.05, 3.63) is 29.8 Å². The fourth-order valence-corrected chi connectivity index (χ4v) is 2.93. The topological polar surface area (TPSA) is 32.8 Å². The molecule has 4 nitrogen and oxygen atoms in total. The molecule has 0 N–H and O–H groups in total. The number of nitrogens with zero attached hydrogens (tertiary/aromatic N) is 2. The van der Waals surface area contributed by atoms with E-state index in [1.165, 1.54) is 5.56 Å². The van der Waals surface area contributed by atoms with Gasteiger partial charge in [-0.3, -0.25) is 9.69 Å². The SMILES string of the molecule is COc1ccc(CN2CCCN(C(=O)C3CC3)CC2)cc1. The molecule has 1 saturated carbocycles. The summed E-state index contributed by atoms with van der Waals surface area (Å²) < 4.78 is 5.19. The van der Waals surface area contributed by atoms with E-state index in [-0.39, 0.29) is 0 Å². The Hall–Kier alpha value is -1.55. The van der Waals surface area contributed by atoms with Crippen molar-refractivity contribution in [1.29, 1.82) is 0 Å². The summed E-state index contributed by atoms with van der Waals surface area (Å²) in [5, 5.41) is 0. The zero-order valence-corrected chi connectivity index (χ0v) is 12.8. The van der Waals surface area contributed by atoms with Crippen molar-refractivity contribution in [1.82, 2.24) is 9.80 Å². The summed E-state index contributed by atoms with van der Waals surface area (Å²) in [6, 6.07) is 8.26. The monoisotopic (exact) mass is 288 g/mol. The Morgan fingerprint density at radius 2 is 1.90 bits per heavy atom. The molecule has 2 aliphatic rings. The van der Waals surface area contributed by atoms with Crippen molar-refractivity contribution in [3.8, 4) is 5.75 Å². The molecule has 0 aromatic heterocycles. The molecule has 1 aliphatic heterocycles. The van der Waals surface area contributed by atoms with Crippen LogP contribution in [0.4, 0.5) is 0 Å². The third kappa shape index (κ3) is 3.76. The first-order valence-electron chi connectivity index (χ1n) is 7.90. The summed E-state index contributed by atoms with van der Waals surface area (Å²) in [5.74, 6) is 1.63. The Kier molecular flexibility index (Phi) is 4.44. The first kappa shape index (κ1) is 14.4. The molecule has 1 amide bonds. The summed E-state index contributed by atoms with van der Waals surface area (Å²) in [7, 11) is 1.69. The Bertz CT molecular complexity index is 482. The molecular formula is C17H24N2O2. The minimum absolute atomic E-state index is 0.345. The number of rotatable bonds is 4. The van der Waals surface area contributed by atoms with E-state index in [4.69, 9.17) is 4.74 Å². The van der Waals surface area contributed by atoms with Crippen LogP contribution in [-0.2, 0) is 11.3 Å². The van der Waals surface area contributed by atoms with Gasteiger partial charge in [0.1, 0.15) is 5.75 Å². The van der Waals surface area contributed by atoms with Crippen molar-refractivity contribution in [2.45, 2.75) is 25.8 Å². The molecule has 0 atom stereocenters. The largest absolute Gasteiger partial charge is 0.497 e. The molecule has 1 aliphatic carbocycles. The highest BCUT2D eigenvalue weighted by Gasteiger charge is 2.33. The van der Waals surface area contributed by atoms with Crippen molar-refractivity contribution >= 4 is 5.91 Å². The van der Waals surface area contributed by atoms with Crippen LogP contribution in [0.5, 0.6) is 5.75 Å². The van der Waals surface area contributed by atoms with E-state index in [1.54, 1.807) is 7.11 Å². The van der Waals surface area contributed by atoms with Gasteiger partial charge in [0.15, 0.2) is 0 Å². The molecule has 1 aromatic carbocycles. The van der Waals surface area contributed by atoms with E-state index < -0.39 is 0 Å². The van der Waals surface area contributed by atoms with E-state index >= 15 is 0 Å².